The summed E-state index contributed by atoms with van der Waals surface area (Å²) in [6, 6.07) is 11.5. The number of benzene rings is 2. The number of nitrogens with one attached hydrogen (secondary N) is 1. The van der Waals surface area contributed by atoms with E-state index >= 15 is 0 Å². The van der Waals surface area contributed by atoms with Crippen LogP contribution in [0.2, 0.25) is 0 Å². The molecular formula is C14H13F2NS. The Bertz CT molecular complexity index is 526. The number of anilines is 1. The number of thioether (sulfide) groups is 1. The first-order chi connectivity index (χ1) is 8.69. The van der Waals surface area contributed by atoms with E-state index in [0.717, 1.165) is 11.6 Å². The molecule has 0 bridgehead atoms. The van der Waals surface area contributed by atoms with Crippen LogP contribution in [0.5, 0.6) is 0 Å². The lowest BCUT2D eigenvalue weighted by atomic mass is 10.2. The zero-order valence-corrected chi connectivity index (χ0v) is 10.7. The monoisotopic (exact) mass is 265 g/mol. The molecule has 0 aliphatic carbocycles. The van der Waals surface area contributed by atoms with Crippen molar-refractivity contribution >= 4 is 17.4 Å². The van der Waals surface area contributed by atoms with Gasteiger partial charge < -0.3 is 5.32 Å². The van der Waals surface area contributed by atoms with Gasteiger partial charge in [0.25, 0.3) is 0 Å². The van der Waals surface area contributed by atoms with Crippen molar-refractivity contribution in [1.29, 1.82) is 0 Å². The fourth-order valence-corrected chi connectivity index (χ4v) is 1.98. The summed E-state index contributed by atoms with van der Waals surface area (Å²) in [6.07, 6.45) is 2.02. The van der Waals surface area contributed by atoms with Crippen LogP contribution in [0.15, 0.2) is 47.4 Å². The largest absolute Gasteiger partial charge is 0.379 e. The number of rotatable bonds is 4. The van der Waals surface area contributed by atoms with Crippen molar-refractivity contribution < 1.29 is 8.78 Å². The molecule has 1 nitrogen and oxygen atoms in total. The van der Waals surface area contributed by atoms with Gasteiger partial charge in [0.05, 0.1) is 5.69 Å². The standard InChI is InChI=1S/C14H13F2NS/c1-18-12-5-2-10(3-6-12)9-17-14-7-4-11(15)8-13(14)16/h2-8,17H,9H2,1H3. The second-order valence-electron chi connectivity index (χ2n) is 3.83. The van der Waals surface area contributed by atoms with Crippen LogP contribution in [0.1, 0.15) is 5.56 Å². The van der Waals surface area contributed by atoms with Crippen molar-refractivity contribution in [2.45, 2.75) is 11.4 Å². The maximum Gasteiger partial charge on any atom is 0.149 e. The molecule has 4 heteroatoms. The third-order valence-electron chi connectivity index (χ3n) is 2.57. The Hall–Kier alpha value is -1.55. The Kier molecular flexibility index (Phi) is 4.20. The van der Waals surface area contributed by atoms with Gasteiger partial charge in [-0.2, -0.15) is 0 Å². The minimum Gasteiger partial charge on any atom is -0.379 e. The van der Waals surface area contributed by atoms with Crippen LogP contribution >= 0.6 is 11.8 Å². The molecule has 94 valence electrons. The first-order valence-corrected chi connectivity index (χ1v) is 6.73. The summed E-state index contributed by atoms with van der Waals surface area (Å²) in [6.45, 7) is 0.511. The van der Waals surface area contributed by atoms with E-state index in [1.54, 1.807) is 11.8 Å². The molecule has 0 aliphatic heterocycles. The van der Waals surface area contributed by atoms with Crippen molar-refractivity contribution in [2.24, 2.45) is 0 Å². The molecule has 1 N–H and O–H groups in total. The van der Waals surface area contributed by atoms with Crippen LogP contribution in [-0.2, 0) is 6.54 Å². The van der Waals surface area contributed by atoms with Crippen LogP contribution in [0.4, 0.5) is 14.5 Å². The van der Waals surface area contributed by atoms with Gasteiger partial charge >= 0.3 is 0 Å². The predicted octanol–water partition coefficient (Wildman–Crippen LogP) is 4.30. The summed E-state index contributed by atoms with van der Waals surface area (Å²) >= 11 is 1.67. The average Bonchev–Trinajstić information content (AvgIpc) is 2.38. The first kappa shape index (κ1) is 12.9. The Labute approximate surface area is 109 Å². The second-order valence-corrected chi connectivity index (χ2v) is 4.71. The molecule has 0 aliphatic rings. The lowest BCUT2D eigenvalue weighted by Gasteiger charge is -2.08. The molecule has 2 rings (SSSR count). The molecule has 18 heavy (non-hydrogen) atoms. The molecule has 0 radical (unpaired) electrons. The van der Waals surface area contributed by atoms with Gasteiger partial charge in [-0.1, -0.05) is 12.1 Å². The Balaban J connectivity index is 2.02. The van der Waals surface area contributed by atoms with Gasteiger partial charge in [-0.15, -0.1) is 11.8 Å². The smallest absolute Gasteiger partial charge is 0.149 e. The predicted molar refractivity (Wildman–Crippen MR) is 71.9 cm³/mol. The summed E-state index contributed by atoms with van der Waals surface area (Å²) in [4.78, 5) is 1.19. The Morgan fingerprint density at radius 1 is 1.06 bits per heavy atom. The normalized spacial score (nSPS) is 10.4. The molecule has 0 aromatic heterocycles. The number of halogens is 2. The fraction of sp³-hybridized carbons (Fsp3) is 0.143. The molecule has 0 amide bonds. The van der Waals surface area contributed by atoms with Gasteiger partial charge in [-0.05, 0) is 36.1 Å². The summed E-state index contributed by atoms with van der Waals surface area (Å²) in [5, 5.41) is 2.95. The molecule has 0 saturated carbocycles. The van der Waals surface area contributed by atoms with Crippen LogP contribution in [0.3, 0.4) is 0 Å². The third kappa shape index (κ3) is 3.23. The van der Waals surface area contributed by atoms with Crippen molar-refractivity contribution in [3.8, 4) is 0 Å². The van der Waals surface area contributed by atoms with Crippen molar-refractivity contribution in [1.82, 2.24) is 0 Å². The zero-order chi connectivity index (χ0) is 13.0. The van der Waals surface area contributed by atoms with E-state index in [9.17, 15) is 8.78 Å². The van der Waals surface area contributed by atoms with Gasteiger partial charge in [0, 0.05) is 17.5 Å². The van der Waals surface area contributed by atoms with E-state index in [2.05, 4.69) is 5.32 Å². The molecule has 0 fully saturated rings. The van der Waals surface area contributed by atoms with Crippen molar-refractivity contribution in [2.75, 3.05) is 11.6 Å². The zero-order valence-electron chi connectivity index (χ0n) is 9.91. The minimum atomic E-state index is -0.573. The average molecular weight is 265 g/mol. The summed E-state index contributed by atoms with van der Waals surface area (Å²) in [7, 11) is 0. The highest BCUT2D eigenvalue weighted by Gasteiger charge is 2.03. The van der Waals surface area contributed by atoms with Crippen molar-refractivity contribution in [3.05, 3.63) is 59.7 Å². The van der Waals surface area contributed by atoms with Gasteiger partial charge in [0.1, 0.15) is 11.6 Å². The van der Waals surface area contributed by atoms with Gasteiger partial charge in [-0.25, -0.2) is 8.78 Å². The molecule has 0 heterocycles. The van der Waals surface area contributed by atoms with E-state index in [-0.39, 0.29) is 0 Å². The lowest BCUT2D eigenvalue weighted by Crippen LogP contribution is -2.01. The quantitative estimate of drug-likeness (QED) is 0.827. The van der Waals surface area contributed by atoms with Crippen molar-refractivity contribution in [3.63, 3.8) is 0 Å². The Morgan fingerprint density at radius 2 is 1.78 bits per heavy atom. The molecule has 0 saturated heterocycles. The van der Waals surface area contributed by atoms with Gasteiger partial charge in [0.15, 0.2) is 0 Å². The van der Waals surface area contributed by atoms with Crippen LogP contribution < -0.4 is 5.32 Å². The summed E-state index contributed by atoms with van der Waals surface area (Å²) < 4.78 is 26.1. The number of hydrogen-bond acceptors (Lipinski definition) is 2. The third-order valence-corrected chi connectivity index (χ3v) is 3.32. The summed E-state index contributed by atoms with van der Waals surface area (Å²) in [5.74, 6) is -1.14. The van der Waals surface area contributed by atoms with E-state index in [1.807, 2.05) is 30.5 Å². The second kappa shape index (κ2) is 5.87. The fourth-order valence-electron chi connectivity index (χ4n) is 1.57. The topological polar surface area (TPSA) is 12.0 Å². The molecule has 2 aromatic rings. The van der Waals surface area contributed by atoms with E-state index in [0.29, 0.717) is 12.2 Å². The van der Waals surface area contributed by atoms with Crippen LogP contribution in [0, 0.1) is 11.6 Å². The highest BCUT2D eigenvalue weighted by atomic mass is 32.2. The highest BCUT2D eigenvalue weighted by molar-refractivity contribution is 7.98. The molecule has 0 atom stereocenters. The van der Waals surface area contributed by atoms with Gasteiger partial charge in [-0.3, -0.25) is 0 Å². The maximum absolute atomic E-state index is 13.4. The maximum atomic E-state index is 13.4. The number of hydrogen-bond donors (Lipinski definition) is 1. The molecule has 0 unspecified atom stereocenters. The molecular weight excluding hydrogens is 252 g/mol. The van der Waals surface area contributed by atoms with E-state index < -0.39 is 11.6 Å². The van der Waals surface area contributed by atoms with Crippen LogP contribution in [-0.4, -0.2) is 6.26 Å². The lowest BCUT2D eigenvalue weighted by molar-refractivity contribution is 0.585. The van der Waals surface area contributed by atoms with Crippen LogP contribution in [0.25, 0.3) is 0 Å². The van der Waals surface area contributed by atoms with E-state index in [4.69, 9.17) is 0 Å². The Morgan fingerprint density at radius 3 is 2.39 bits per heavy atom. The summed E-state index contributed by atoms with van der Waals surface area (Å²) in [5.41, 5.74) is 1.36. The van der Waals surface area contributed by atoms with E-state index in [1.165, 1.54) is 17.0 Å². The van der Waals surface area contributed by atoms with Gasteiger partial charge in [0.2, 0.25) is 0 Å². The SMILES string of the molecule is CSc1ccc(CNc2ccc(F)cc2F)cc1. The minimum absolute atomic E-state index is 0.311. The first-order valence-electron chi connectivity index (χ1n) is 5.51. The molecule has 2 aromatic carbocycles. The highest BCUT2D eigenvalue weighted by Crippen LogP contribution is 2.18. The molecule has 0 spiro atoms.